The van der Waals surface area contributed by atoms with Gasteiger partial charge in [-0.3, -0.25) is 19.2 Å². The van der Waals surface area contributed by atoms with E-state index in [-0.39, 0.29) is 76.7 Å². The zero-order valence-corrected chi connectivity index (χ0v) is 33.5. The molecule has 0 aromatic heterocycles. The van der Waals surface area contributed by atoms with E-state index in [1.165, 1.54) is 12.1 Å². The number of ketones is 1. The molecule has 4 saturated carbocycles. The highest BCUT2D eigenvalue weighted by molar-refractivity contribution is 7.90. The van der Waals surface area contributed by atoms with Crippen molar-refractivity contribution in [1.29, 1.82) is 0 Å². The fourth-order valence-electron chi connectivity index (χ4n) is 10.7. The van der Waals surface area contributed by atoms with Crippen LogP contribution in [0.2, 0.25) is 0 Å². The topological polar surface area (TPSA) is 136 Å². The number of nitrogens with one attached hydrogen (secondary N) is 1. The van der Waals surface area contributed by atoms with E-state index in [1.807, 2.05) is 44.2 Å². The molecule has 1 saturated heterocycles. The van der Waals surface area contributed by atoms with Crippen LogP contribution in [0, 0.1) is 39.4 Å². The molecule has 0 radical (unpaired) electrons. The van der Waals surface area contributed by atoms with Crippen LogP contribution in [0.1, 0.15) is 104 Å². The maximum Gasteiger partial charge on any atom is 0.306 e. The normalized spacial score (nSPS) is 28.1. The third kappa shape index (κ3) is 6.82. The van der Waals surface area contributed by atoms with Gasteiger partial charge in [0.1, 0.15) is 18.5 Å². The van der Waals surface area contributed by atoms with Gasteiger partial charge in [0.05, 0.1) is 28.7 Å². The molecule has 4 aliphatic carbocycles. The van der Waals surface area contributed by atoms with Gasteiger partial charge in [0.25, 0.3) is 10.0 Å². The first-order valence-electron chi connectivity index (χ1n) is 20.1. The van der Waals surface area contributed by atoms with E-state index in [4.69, 9.17) is 9.47 Å². The van der Waals surface area contributed by atoms with Crippen LogP contribution >= 0.6 is 0 Å². The third-order valence-electron chi connectivity index (χ3n) is 14.5. The Hall–Kier alpha value is -3.99. The van der Waals surface area contributed by atoms with Gasteiger partial charge >= 0.3 is 5.97 Å². The smallest absolute Gasteiger partial charge is 0.306 e. The molecule has 2 amide bonds. The van der Waals surface area contributed by atoms with Gasteiger partial charge in [0.15, 0.2) is 5.78 Å². The van der Waals surface area contributed by atoms with Crippen molar-refractivity contribution in [3.63, 3.8) is 0 Å². The first-order chi connectivity index (χ1) is 26.1. The van der Waals surface area contributed by atoms with Crippen molar-refractivity contribution >= 4 is 33.6 Å². The van der Waals surface area contributed by atoms with E-state index < -0.39 is 39.2 Å². The number of nitrogens with zero attached hydrogens (tertiary/aromatic N) is 1. The summed E-state index contributed by atoms with van der Waals surface area (Å²) in [4.78, 5) is 58.1. The predicted octanol–water partition coefficient (Wildman–Crippen LogP) is 7.17. The Kier molecular flexibility index (Phi) is 10.4. The van der Waals surface area contributed by atoms with Gasteiger partial charge in [-0.2, -0.15) is 0 Å². The number of likely N-dealkylation sites (tertiary alicyclic amines) is 1. The number of allylic oxidation sites excluding steroid dienone is 1. The van der Waals surface area contributed by atoms with Crippen LogP contribution in [0.4, 0.5) is 0 Å². The van der Waals surface area contributed by atoms with Crippen LogP contribution in [0.15, 0.2) is 72.1 Å². The maximum absolute atomic E-state index is 14.7. The molecule has 1 aliphatic heterocycles. The molecule has 11 heteroatoms. The number of sulfonamides is 1. The summed E-state index contributed by atoms with van der Waals surface area (Å²) in [6.07, 6.45) is 8.93. The summed E-state index contributed by atoms with van der Waals surface area (Å²) in [5.41, 5.74) is -0.662. The molecule has 2 aromatic rings. The lowest BCUT2D eigenvalue weighted by atomic mass is 9.73. The molecule has 5 atom stereocenters. The lowest BCUT2D eigenvalue weighted by molar-refractivity contribution is -0.155. The highest BCUT2D eigenvalue weighted by Gasteiger charge is 2.85. The zero-order chi connectivity index (χ0) is 39.4. The van der Waals surface area contributed by atoms with Crippen LogP contribution in [0.3, 0.4) is 0 Å². The summed E-state index contributed by atoms with van der Waals surface area (Å²) in [6.45, 7) is 12.9. The number of amides is 2. The van der Waals surface area contributed by atoms with E-state index >= 15 is 0 Å². The number of hydrogen-bond acceptors (Lipinski definition) is 8. The Balaban J connectivity index is 1.09. The molecule has 55 heavy (non-hydrogen) atoms. The molecular formula is C44H56N2O8S. The Bertz CT molecular complexity index is 1950. The Morgan fingerprint density at radius 2 is 1.67 bits per heavy atom. The lowest BCUT2D eigenvalue weighted by Crippen LogP contribution is -2.47. The van der Waals surface area contributed by atoms with Crippen molar-refractivity contribution in [1.82, 2.24) is 9.62 Å². The highest BCUT2D eigenvalue weighted by Crippen LogP contribution is 2.88. The van der Waals surface area contributed by atoms with Crippen molar-refractivity contribution in [2.45, 2.75) is 122 Å². The maximum atomic E-state index is 14.7. The molecule has 10 nitrogen and oxygen atoms in total. The van der Waals surface area contributed by atoms with E-state index in [2.05, 4.69) is 25.1 Å². The number of benzene rings is 2. The zero-order valence-electron chi connectivity index (χ0n) is 32.7. The molecule has 5 aliphatic rings. The largest absolute Gasteiger partial charge is 0.489 e. The standard InChI is InChI=1S/C44H56N2O8S/c1-6-31-24-42(31,40(50)45-55(51,52)34-19-12-18-33(22-34)53-27-30-14-8-7-9-15-30)26-37(47)36-25-44(41(4,5)43(44)20-13-21-43)28-46(36)39(49)35(29(2)3)23-38(48)54-32-16-10-11-17-32/h6-9,12,14-15,18-19,22,29,31-32,35-36H,1,10-11,13,16-17,20-21,23-28H2,2-5H3,(H,45,50)/t31-,35+,36+,42-,44-/m1/s1. The molecule has 2 spiro atoms. The van der Waals surface area contributed by atoms with Crippen LogP contribution in [0.25, 0.3) is 0 Å². The number of rotatable bonds is 15. The molecule has 0 bridgehead atoms. The van der Waals surface area contributed by atoms with Gasteiger partial charge in [0.2, 0.25) is 11.8 Å². The number of hydrogen-bond donors (Lipinski definition) is 1. The van der Waals surface area contributed by atoms with Gasteiger partial charge in [-0.15, -0.1) is 6.58 Å². The molecule has 2 aromatic carbocycles. The second-order valence-electron chi connectivity index (χ2n) is 17.8. The van der Waals surface area contributed by atoms with Crippen LogP contribution in [-0.4, -0.2) is 55.6 Å². The summed E-state index contributed by atoms with van der Waals surface area (Å²) in [5.74, 6) is -2.52. The summed E-state index contributed by atoms with van der Waals surface area (Å²) < 4.78 is 41.2. The fraction of sp³-hybridized carbons (Fsp3) is 0.591. The Morgan fingerprint density at radius 1 is 0.964 bits per heavy atom. The summed E-state index contributed by atoms with van der Waals surface area (Å²) in [6, 6.07) is 14.7. The van der Waals surface area contributed by atoms with Gasteiger partial charge in [-0.05, 0) is 91.7 Å². The van der Waals surface area contributed by atoms with Crippen LogP contribution < -0.4 is 9.46 Å². The van der Waals surface area contributed by atoms with Crippen molar-refractivity contribution in [3.8, 4) is 5.75 Å². The average molecular weight is 773 g/mol. The van der Waals surface area contributed by atoms with Crippen molar-refractivity contribution in [2.24, 2.45) is 39.4 Å². The van der Waals surface area contributed by atoms with Gasteiger partial charge in [-0.25, -0.2) is 13.1 Å². The van der Waals surface area contributed by atoms with E-state index in [1.54, 1.807) is 23.1 Å². The first kappa shape index (κ1) is 39.3. The predicted molar refractivity (Wildman–Crippen MR) is 207 cm³/mol. The third-order valence-corrected chi connectivity index (χ3v) is 15.9. The number of esters is 1. The molecule has 1 N–H and O–H groups in total. The molecule has 1 heterocycles. The SMILES string of the molecule is C=C[C@@H]1C[C@]1(CC(=O)[C@@H]1C[C@@]2(CN1C(=O)[C@@H](CC(=O)OC1CCCC1)C(C)C)C(C)(C)C21CCC1)C(=O)NS(=O)(=O)c1cccc(OCc2ccccc2)c1. The number of fused-ring (bicyclic) bond motifs is 1. The van der Waals surface area contributed by atoms with Crippen molar-refractivity contribution in [2.75, 3.05) is 6.54 Å². The molecular weight excluding hydrogens is 717 g/mol. The number of carbonyl (C=O) groups excluding carboxylic acids is 4. The second kappa shape index (κ2) is 14.5. The lowest BCUT2D eigenvalue weighted by Gasteiger charge is -2.32. The van der Waals surface area contributed by atoms with Crippen molar-refractivity contribution in [3.05, 3.63) is 72.8 Å². The minimum Gasteiger partial charge on any atom is -0.489 e. The monoisotopic (exact) mass is 772 g/mol. The van der Waals surface area contributed by atoms with Crippen LogP contribution in [0.5, 0.6) is 5.75 Å². The average Bonchev–Trinajstić information content (AvgIpc) is 3.62. The molecule has 5 fully saturated rings. The second-order valence-corrected chi connectivity index (χ2v) is 19.5. The van der Waals surface area contributed by atoms with E-state index in [0.29, 0.717) is 18.7 Å². The minimum atomic E-state index is -4.33. The van der Waals surface area contributed by atoms with Gasteiger partial charge < -0.3 is 14.4 Å². The van der Waals surface area contributed by atoms with Gasteiger partial charge in [0, 0.05) is 24.4 Å². The molecule has 7 rings (SSSR count). The Morgan fingerprint density at radius 3 is 2.27 bits per heavy atom. The number of ether oxygens (including phenoxy) is 2. The van der Waals surface area contributed by atoms with E-state index in [0.717, 1.165) is 50.5 Å². The van der Waals surface area contributed by atoms with Crippen LogP contribution in [-0.2, 0) is 40.5 Å². The minimum absolute atomic E-state index is 0.0484. The first-order valence-corrected chi connectivity index (χ1v) is 21.6. The fourth-order valence-corrected chi connectivity index (χ4v) is 11.8. The Labute approximate surface area is 325 Å². The molecule has 0 unspecified atom stereocenters. The quantitative estimate of drug-likeness (QED) is 0.149. The van der Waals surface area contributed by atoms with E-state index in [9.17, 15) is 27.6 Å². The highest BCUT2D eigenvalue weighted by atomic mass is 32.2. The summed E-state index contributed by atoms with van der Waals surface area (Å²) in [7, 11) is -4.33. The summed E-state index contributed by atoms with van der Waals surface area (Å²) >= 11 is 0. The van der Waals surface area contributed by atoms with Crippen molar-refractivity contribution < 1.29 is 37.1 Å². The molecule has 296 valence electrons. The van der Waals surface area contributed by atoms with Gasteiger partial charge in [-0.1, -0.05) is 76.6 Å². The number of carbonyl (C=O) groups is 4. The number of Topliss-reactive ketones (excluding diaryl/α,β-unsaturated/α-hetero) is 1. The summed E-state index contributed by atoms with van der Waals surface area (Å²) in [5, 5.41) is 0.